The van der Waals surface area contributed by atoms with E-state index in [4.69, 9.17) is 14.8 Å². The highest BCUT2D eigenvalue weighted by Crippen LogP contribution is 2.50. The van der Waals surface area contributed by atoms with Crippen LogP contribution in [0.3, 0.4) is 0 Å². The summed E-state index contributed by atoms with van der Waals surface area (Å²) in [5.41, 5.74) is 5.04. The van der Waals surface area contributed by atoms with Crippen molar-refractivity contribution in [2.75, 3.05) is 19.0 Å². The number of allylic oxidation sites excluding steroid dienone is 2. The number of nitrogens with zero attached hydrogens (tertiary/aromatic N) is 5. The maximum Gasteiger partial charge on any atom is 0.228 e. The molecule has 0 radical (unpaired) electrons. The van der Waals surface area contributed by atoms with Crippen molar-refractivity contribution in [3.05, 3.63) is 83.4 Å². The van der Waals surface area contributed by atoms with Crippen LogP contribution >= 0.6 is 0 Å². The quantitative estimate of drug-likeness (QED) is 0.423. The monoisotopic (exact) mass is 465 g/mol. The van der Waals surface area contributed by atoms with Gasteiger partial charge in [0.2, 0.25) is 5.88 Å². The number of anilines is 1. The van der Waals surface area contributed by atoms with Gasteiger partial charge in [-0.1, -0.05) is 44.2 Å². The molecule has 2 aromatic heterocycles. The number of hydrogen-bond acceptors (Lipinski definition) is 6. The Morgan fingerprint density at radius 2 is 1.77 bits per heavy atom. The first-order valence-corrected chi connectivity index (χ1v) is 11.8. The standard InChI is InChI=1S/C28H27N5O2/c1-28(2)14-20(34)23-21(15-28)35-27-24(22(23)17-8-6-5-7-9-17)26-30-25(31-33(26)16-29-27)18-10-12-19(13-11-18)32(3)4/h5-13,16,22H,14-15H2,1-4H3/t22-/m0/s1. The van der Waals surface area contributed by atoms with E-state index >= 15 is 0 Å². The Labute approximate surface area is 204 Å². The van der Waals surface area contributed by atoms with E-state index in [1.54, 1.807) is 10.8 Å². The lowest BCUT2D eigenvalue weighted by atomic mass is 9.70. The van der Waals surface area contributed by atoms with Gasteiger partial charge in [0.15, 0.2) is 17.3 Å². The number of ketones is 1. The average molecular weight is 466 g/mol. The van der Waals surface area contributed by atoms with Crippen LogP contribution in [0.15, 0.2) is 72.3 Å². The fourth-order valence-electron chi connectivity index (χ4n) is 5.16. The summed E-state index contributed by atoms with van der Waals surface area (Å²) in [5.74, 6) is 1.65. The van der Waals surface area contributed by atoms with Gasteiger partial charge in [-0.05, 0) is 35.2 Å². The van der Waals surface area contributed by atoms with Crippen LogP contribution in [0.5, 0.6) is 5.88 Å². The predicted octanol–water partition coefficient (Wildman–Crippen LogP) is 5.02. The molecular formula is C28H27N5O2. The molecule has 2 aromatic carbocycles. The van der Waals surface area contributed by atoms with Crippen LogP contribution in [0.2, 0.25) is 0 Å². The molecule has 0 saturated heterocycles. The lowest BCUT2D eigenvalue weighted by Gasteiger charge is -2.37. The van der Waals surface area contributed by atoms with E-state index in [1.165, 1.54) is 0 Å². The van der Waals surface area contributed by atoms with Crippen LogP contribution in [0.4, 0.5) is 5.69 Å². The molecule has 0 saturated carbocycles. The van der Waals surface area contributed by atoms with Gasteiger partial charge < -0.3 is 9.64 Å². The zero-order valence-corrected chi connectivity index (χ0v) is 20.3. The van der Waals surface area contributed by atoms with Crippen LogP contribution < -0.4 is 9.64 Å². The first-order valence-electron chi connectivity index (χ1n) is 11.8. The molecule has 0 bridgehead atoms. The minimum Gasteiger partial charge on any atom is -0.442 e. The Balaban J connectivity index is 1.54. The van der Waals surface area contributed by atoms with E-state index in [-0.39, 0.29) is 17.1 Å². The minimum absolute atomic E-state index is 0.122. The van der Waals surface area contributed by atoms with Gasteiger partial charge >= 0.3 is 0 Å². The molecule has 3 heterocycles. The highest BCUT2D eigenvalue weighted by Gasteiger charge is 2.43. The van der Waals surface area contributed by atoms with E-state index in [0.717, 1.165) is 33.7 Å². The second-order valence-corrected chi connectivity index (χ2v) is 10.3. The lowest BCUT2D eigenvalue weighted by molar-refractivity contribution is -0.118. The molecule has 1 aliphatic heterocycles. The van der Waals surface area contributed by atoms with Crippen molar-refractivity contribution in [3.8, 4) is 17.3 Å². The molecule has 0 N–H and O–H groups in total. The molecule has 0 unspecified atom stereocenters. The Kier molecular flexibility index (Phi) is 4.78. The van der Waals surface area contributed by atoms with Crippen LogP contribution in [0.25, 0.3) is 17.0 Å². The number of Topliss-reactive ketones (excluding diaryl/α,β-unsaturated/α-hetero) is 1. The Hall–Kier alpha value is -4.00. The van der Waals surface area contributed by atoms with Crippen molar-refractivity contribution in [1.82, 2.24) is 19.6 Å². The van der Waals surface area contributed by atoms with E-state index in [9.17, 15) is 4.79 Å². The molecule has 7 nitrogen and oxygen atoms in total. The van der Waals surface area contributed by atoms with Crippen LogP contribution in [-0.2, 0) is 4.79 Å². The van der Waals surface area contributed by atoms with E-state index < -0.39 is 0 Å². The van der Waals surface area contributed by atoms with Gasteiger partial charge in [-0.2, -0.15) is 0 Å². The number of benzene rings is 2. The summed E-state index contributed by atoms with van der Waals surface area (Å²) in [6.07, 6.45) is 2.82. The number of aromatic nitrogens is 4. The highest BCUT2D eigenvalue weighted by atomic mass is 16.5. The van der Waals surface area contributed by atoms with Crippen molar-refractivity contribution in [2.24, 2.45) is 5.41 Å². The smallest absolute Gasteiger partial charge is 0.228 e. The summed E-state index contributed by atoms with van der Waals surface area (Å²) in [4.78, 5) is 25.1. The third kappa shape index (κ3) is 3.58. The summed E-state index contributed by atoms with van der Waals surface area (Å²) in [5, 5.41) is 4.71. The first kappa shape index (κ1) is 21.5. The largest absolute Gasteiger partial charge is 0.442 e. The fraction of sp³-hybridized carbons (Fsp3) is 0.286. The maximum absolute atomic E-state index is 13.5. The zero-order valence-electron chi connectivity index (χ0n) is 20.3. The predicted molar refractivity (Wildman–Crippen MR) is 135 cm³/mol. The molecule has 0 spiro atoms. The van der Waals surface area contributed by atoms with Gasteiger partial charge in [0.1, 0.15) is 12.1 Å². The third-order valence-electron chi connectivity index (χ3n) is 6.84. The normalized spacial score (nSPS) is 18.7. The Morgan fingerprint density at radius 3 is 2.49 bits per heavy atom. The van der Waals surface area contributed by atoms with Gasteiger partial charge in [-0.15, -0.1) is 5.10 Å². The molecule has 176 valence electrons. The molecule has 4 aromatic rings. The lowest BCUT2D eigenvalue weighted by Crippen LogP contribution is -2.33. The Bertz CT molecular complexity index is 1480. The van der Waals surface area contributed by atoms with Crippen molar-refractivity contribution >= 4 is 17.1 Å². The topological polar surface area (TPSA) is 72.6 Å². The summed E-state index contributed by atoms with van der Waals surface area (Å²) in [6, 6.07) is 18.2. The highest BCUT2D eigenvalue weighted by molar-refractivity contribution is 6.00. The first-order chi connectivity index (χ1) is 16.8. The molecule has 1 atom stereocenters. The number of carbonyl (C=O) groups is 1. The van der Waals surface area contributed by atoms with Crippen molar-refractivity contribution in [2.45, 2.75) is 32.6 Å². The van der Waals surface area contributed by atoms with Crippen molar-refractivity contribution in [1.29, 1.82) is 0 Å². The molecule has 1 aliphatic carbocycles. The van der Waals surface area contributed by atoms with E-state index in [1.807, 2.05) is 56.6 Å². The molecule has 6 rings (SSSR count). The van der Waals surface area contributed by atoms with Gasteiger partial charge in [-0.25, -0.2) is 14.5 Å². The maximum atomic E-state index is 13.5. The molecule has 0 fully saturated rings. The van der Waals surface area contributed by atoms with Crippen LogP contribution in [0.1, 0.15) is 43.7 Å². The number of fused-ring (bicyclic) bond motifs is 3. The summed E-state index contributed by atoms with van der Waals surface area (Å²) in [6.45, 7) is 4.21. The summed E-state index contributed by atoms with van der Waals surface area (Å²) >= 11 is 0. The second kappa shape index (κ2) is 7.77. The van der Waals surface area contributed by atoms with Crippen LogP contribution in [0, 0.1) is 5.41 Å². The van der Waals surface area contributed by atoms with Crippen LogP contribution in [-0.4, -0.2) is 39.5 Å². The third-order valence-corrected chi connectivity index (χ3v) is 6.84. The number of ether oxygens (including phenoxy) is 1. The summed E-state index contributed by atoms with van der Waals surface area (Å²) in [7, 11) is 4.02. The van der Waals surface area contributed by atoms with Crippen molar-refractivity contribution in [3.63, 3.8) is 0 Å². The second-order valence-electron chi connectivity index (χ2n) is 10.3. The fourth-order valence-corrected chi connectivity index (χ4v) is 5.16. The molecular weight excluding hydrogens is 438 g/mol. The Morgan fingerprint density at radius 1 is 1.03 bits per heavy atom. The number of hydrogen-bond donors (Lipinski definition) is 0. The number of carbonyl (C=O) groups excluding carboxylic acids is 1. The van der Waals surface area contributed by atoms with Gasteiger partial charge in [0.25, 0.3) is 0 Å². The van der Waals surface area contributed by atoms with E-state index in [2.05, 4.69) is 35.9 Å². The zero-order chi connectivity index (χ0) is 24.3. The minimum atomic E-state index is -0.303. The average Bonchev–Trinajstić information content (AvgIpc) is 3.27. The molecule has 7 heteroatoms. The van der Waals surface area contributed by atoms with Gasteiger partial charge in [-0.3, -0.25) is 4.79 Å². The van der Waals surface area contributed by atoms with Crippen molar-refractivity contribution < 1.29 is 9.53 Å². The molecule has 35 heavy (non-hydrogen) atoms. The molecule has 0 amide bonds. The SMILES string of the molecule is CN(C)c1ccc(-c2nc3c4c(ncn3n2)OC2=C(C(=O)CC(C)(C)C2)[C@@H]4c2ccccc2)cc1. The molecule has 2 aliphatic rings. The summed E-state index contributed by atoms with van der Waals surface area (Å²) < 4.78 is 8.01. The van der Waals surface area contributed by atoms with Gasteiger partial charge in [0, 0.05) is 49.7 Å². The van der Waals surface area contributed by atoms with E-state index in [0.29, 0.717) is 30.2 Å². The number of rotatable bonds is 3. The van der Waals surface area contributed by atoms with Gasteiger partial charge in [0.05, 0.1) is 5.56 Å².